The second-order valence-electron chi connectivity index (χ2n) is 7.59. The number of carbonyl (C=O) groups is 1. The van der Waals surface area contributed by atoms with Crippen LogP contribution in [0.15, 0.2) is 42.7 Å². The van der Waals surface area contributed by atoms with Gasteiger partial charge in [0.15, 0.2) is 0 Å². The molecule has 7 heteroatoms. The van der Waals surface area contributed by atoms with Gasteiger partial charge in [-0.1, -0.05) is 26.8 Å². The first-order valence-electron chi connectivity index (χ1n) is 9.06. The van der Waals surface area contributed by atoms with Crippen LogP contribution in [0.3, 0.4) is 0 Å². The van der Waals surface area contributed by atoms with Crippen molar-refractivity contribution in [2.24, 2.45) is 0 Å². The molecule has 0 aliphatic carbocycles. The van der Waals surface area contributed by atoms with Crippen LogP contribution in [0.2, 0.25) is 0 Å². The Morgan fingerprint density at radius 3 is 2.61 bits per heavy atom. The van der Waals surface area contributed by atoms with Gasteiger partial charge in [-0.2, -0.15) is 5.10 Å². The third-order valence-corrected chi connectivity index (χ3v) is 4.32. The topological polar surface area (TPSA) is 55.6 Å². The van der Waals surface area contributed by atoms with Crippen molar-refractivity contribution in [3.63, 3.8) is 0 Å². The summed E-state index contributed by atoms with van der Waals surface area (Å²) in [7, 11) is 0. The van der Waals surface area contributed by atoms with E-state index >= 15 is 0 Å². The predicted octanol–water partition coefficient (Wildman–Crippen LogP) is 3.65. The minimum Gasteiger partial charge on any atom is -0.492 e. The maximum absolute atomic E-state index is 14.2. The molecule has 1 amide bonds. The fraction of sp³-hybridized carbons (Fsp3) is 0.333. The van der Waals surface area contributed by atoms with E-state index in [0.29, 0.717) is 0 Å². The van der Waals surface area contributed by atoms with Gasteiger partial charge >= 0.3 is 0 Å². The number of hydrogen-bond acceptors (Lipinski definition) is 3. The lowest BCUT2D eigenvalue weighted by Crippen LogP contribution is -2.29. The number of benzene rings is 1. The van der Waals surface area contributed by atoms with Crippen molar-refractivity contribution in [1.82, 2.24) is 14.9 Å². The van der Waals surface area contributed by atoms with Crippen LogP contribution in [-0.4, -0.2) is 28.7 Å². The van der Waals surface area contributed by atoms with E-state index in [4.69, 9.17) is 4.74 Å². The fourth-order valence-corrected chi connectivity index (χ4v) is 3.07. The molecule has 0 saturated heterocycles. The minimum atomic E-state index is -0.640. The molecule has 1 aromatic carbocycles. The molecule has 2 aromatic heterocycles. The van der Waals surface area contributed by atoms with Crippen LogP contribution in [-0.2, 0) is 16.6 Å². The molecular formula is C21H23F2N3O2. The molecule has 0 aliphatic heterocycles. The van der Waals surface area contributed by atoms with Crippen molar-refractivity contribution in [2.45, 2.75) is 32.6 Å². The summed E-state index contributed by atoms with van der Waals surface area (Å²) in [6.45, 7) is 5.56. The Hall–Kier alpha value is -2.96. The van der Waals surface area contributed by atoms with Crippen molar-refractivity contribution >= 4 is 11.4 Å². The molecule has 3 aromatic rings. The highest BCUT2D eigenvalue weighted by Gasteiger charge is 2.24. The Labute approximate surface area is 162 Å². The molecule has 0 radical (unpaired) electrons. The number of hydrogen-bond donors (Lipinski definition) is 1. The summed E-state index contributed by atoms with van der Waals surface area (Å²) in [5.74, 6) is -1.36. The highest BCUT2D eigenvalue weighted by atomic mass is 19.1. The lowest BCUT2D eigenvalue weighted by molar-refractivity contribution is -0.120. The maximum atomic E-state index is 14.2. The first-order chi connectivity index (χ1) is 13.3. The van der Waals surface area contributed by atoms with Gasteiger partial charge in [0.1, 0.15) is 24.0 Å². The van der Waals surface area contributed by atoms with Gasteiger partial charge in [0.25, 0.3) is 0 Å². The number of carbonyl (C=O) groups excluding carboxylic acids is 1. The molecule has 0 fully saturated rings. The SMILES string of the molecule is CC(C)(C)c1c(F)cc(OCCNC(=O)Cc2cnn3ccccc23)cc1F. The molecule has 0 aliphatic rings. The first kappa shape index (κ1) is 19.8. The van der Waals surface area contributed by atoms with Gasteiger partial charge < -0.3 is 10.1 Å². The number of halogens is 2. The van der Waals surface area contributed by atoms with Gasteiger partial charge in [-0.25, -0.2) is 13.3 Å². The predicted molar refractivity (Wildman–Crippen MR) is 102 cm³/mol. The second kappa shape index (κ2) is 7.96. The largest absolute Gasteiger partial charge is 0.492 e. The summed E-state index contributed by atoms with van der Waals surface area (Å²) in [5.41, 5.74) is 1.08. The van der Waals surface area contributed by atoms with E-state index in [1.54, 1.807) is 31.5 Å². The number of amides is 1. The molecule has 1 N–H and O–H groups in total. The Morgan fingerprint density at radius 1 is 1.21 bits per heavy atom. The molecule has 3 rings (SSSR count). The average molecular weight is 387 g/mol. The van der Waals surface area contributed by atoms with E-state index in [1.165, 1.54) is 12.1 Å². The molecule has 0 spiro atoms. The van der Waals surface area contributed by atoms with Gasteiger partial charge in [-0.3, -0.25) is 4.79 Å². The van der Waals surface area contributed by atoms with Gasteiger partial charge in [0.05, 0.1) is 24.7 Å². The lowest BCUT2D eigenvalue weighted by atomic mass is 9.86. The minimum absolute atomic E-state index is 0.0292. The molecule has 0 saturated carbocycles. The zero-order valence-electron chi connectivity index (χ0n) is 16.1. The zero-order valence-corrected chi connectivity index (χ0v) is 16.1. The molecule has 0 bridgehead atoms. The quantitative estimate of drug-likeness (QED) is 0.657. The summed E-state index contributed by atoms with van der Waals surface area (Å²) in [6, 6.07) is 7.98. The number of ether oxygens (including phenoxy) is 1. The molecular weight excluding hydrogens is 364 g/mol. The standard InChI is InChI=1S/C21H23F2N3O2/c1-21(2,3)20-16(22)11-15(12-17(20)23)28-9-7-24-19(27)10-14-13-25-26-8-5-4-6-18(14)26/h4-6,8,11-13H,7,9-10H2,1-3H3,(H,24,27). The average Bonchev–Trinajstić information content (AvgIpc) is 3.00. The van der Waals surface area contributed by atoms with Crippen LogP contribution >= 0.6 is 0 Å². The fourth-order valence-electron chi connectivity index (χ4n) is 3.07. The molecule has 0 atom stereocenters. The van der Waals surface area contributed by atoms with E-state index in [1.807, 2.05) is 24.4 Å². The van der Waals surface area contributed by atoms with Gasteiger partial charge in [0, 0.05) is 29.5 Å². The number of fused-ring (bicyclic) bond motifs is 1. The van der Waals surface area contributed by atoms with Gasteiger partial charge in [-0.05, 0) is 17.5 Å². The molecule has 148 valence electrons. The zero-order chi connectivity index (χ0) is 20.3. The van der Waals surface area contributed by atoms with Crippen molar-refractivity contribution < 1.29 is 18.3 Å². The lowest BCUT2D eigenvalue weighted by Gasteiger charge is -2.21. The van der Waals surface area contributed by atoms with E-state index < -0.39 is 17.0 Å². The summed E-state index contributed by atoms with van der Waals surface area (Å²) in [5, 5.41) is 6.92. The Balaban J connectivity index is 1.51. The van der Waals surface area contributed by atoms with Crippen LogP contribution in [0.25, 0.3) is 5.52 Å². The van der Waals surface area contributed by atoms with E-state index in [-0.39, 0.29) is 36.8 Å². The summed E-state index contributed by atoms with van der Waals surface area (Å²) >= 11 is 0. The number of aromatic nitrogens is 2. The number of rotatable bonds is 6. The van der Waals surface area contributed by atoms with Crippen LogP contribution < -0.4 is 10.1 Å². The van der Waals surface area contributed by atoms with E-state index in [0.717, 1.165) is 11.1 Å². The molecule has 0 unspecified atom stereocenters. The van der Waals surface area contributed by atoms with Crippen LogP contribution in [0.5, 0.6) is 5.75 Å². The number of pyridine rings is 1. The Morgan fingerprint density at radius 2 is 1.93 bits per heavy atom. The number of nitrogens with zero attached hydrogens (tertiary/aromatic N) is 2. The molecule has 5 nitrogen and oxygen atoms in total. The monoisotopic (exact) mass is 387 g/mol. The second-order valence-corrected chi connectivity index (χ2v) is 7.59. The van der Waals surface area contributed by atoms with Crippen LogP contribution in [0, 0.1) is 11.6 Å². The Bertz CT molecular complexity index is 970. The van der Waals surface area contributed by atoms with E-state index in [9.17, 15) is 13.6 Å². The molecule has 2 heterocycles. The highest BCUT2D eigenvalue weighted by molar-refractivity contribution is 5.80. The third-order valence-electron chi connectivity index (χ3n) is 4.32. The maximum Gasteiger partial charge on any atom is 0.224 e. The summed E-state index contributed by atoms with van der Waals surface area (Å²) < 4.78 is 35.5. The number of nitrogens with one attached hydrogen (secondary N) is 1. The van der Waals surface area contributed by atoms with Crippen LogP contribution in [0.1, 0.15) is 31.9 Å². The smallest absolute Gasteiger partial charge is 0.224 e. The van der Waals surface area contributed by atoms with Gasteiger partial charge in [-0.15, -0.1) is 0 Å². The van der Waals surface area contributed by atoms with Crippen molar-refractivity contribution in [2.75, 3.05) is 13.2 Å². The Kier molecular flexibility index (Phi) is 5.63. The molecule has 28 heavy (non-hydrogen) atoms. The summed E-state index contributed by atoms with van der Waals surface area (Å²) in [6.07, 6.45) is 3.67. The van der Waals surface area contributed by atoms with Gasteiger partial charge in [0.2, 0.25) is 5.91 Å². The van der Waals surface area contributed by atoms with Crippen molar-refractivity contribution in [3.8, 4) is 5.75 Å². The third kappa shape index (κ3) is 4.47. The van der Waals surface area contributed by atoms with E-state index in [2.05, 4.69) is 10.4 Å². The normalized spacial score (nSPS) is 11.6. The first-order valence-corrected chi connectivity index (χ1v) is 9.06. The van der Waals surface area contributed by atoms with Crippen molar-refractivity contribution in [1.29, 1.82) is 0 Å². The van der Waals surface area contributed by atoms with Crippen molar-refractivity contribution in [3.05, 3.63) is 65.5 Å². The van der Waals surface area contributed by atoms with Crippen LogP contribution in [0.4, 0.5) is 8.78 Å². The highest BCUT2D eigenvalue weighted by Crippen LogP contribution is 2.30. The summed E-state index contributed by atoms with van der Waals surface area (Å²) in [4.78, 5) is 12.1.